The Bertz CT molecular complexity index is 691. The first-order valence-electron chi connectivity index (χ1n) is 4.78. The molecular weight excluding hydrogens is 354 g/mol. The largest absolute Gasteiger partial charge is 0.334 e. The van der Waals surface area contributed by atoms with E-state index in [-0.39, 0.29) is 5.15 Å². The standard InChI is InChI=1S/C11H8ClIN2O2/c1-6-9(12)14-11(17)15(10(6)16)8-5-3-2-4-7(8)13/h2-5H,1H3,(H,14,17). The van der Waals surface area contributed by atoms with Crippen molar-refractivity contribution in [2.45, 2.75) is 6.92 Å². The first-order valence-corrected chi connectivity index (χ1v) is 6.24. The summed E-state index contributed by atoms with van der Waals surface area (Å²) in [6.45, 7) is 1.58. The summed E-state index contributed by atoms with van der Waals surface area (Å²) < 4.78 is 1.91. The molecule has 1 heterocycles. The molecule has 6 heteroatoms. The van der Waals surface area contributed by atoms with Crippen molar-refractivity contribution in [2.75, 3.05) is 0 Å². The Labute approximate surface area is 115 Å². The second kappa shape index (κ2) is 4.66. The minimum absolute atomic E-state index is 0.0854. The van der Waals surface area contributed by atoms with Gasteiger partial charge in [0.2, 0.25) is 0 Å². The molecule has 0 aliphatic rings. The quantitative estimate of drug-likeness (QED) is 0.624. The fourth-order valence-electron chi connectivity index (χ4n) is 1.45. The van der Waals surface area contributed by atoms with Crippen LogP contribution in [0.4, 0.5) is 0 Å². The lowest BCUT2D eigenvalue weighted by atomic mass is 10.3. The number of hydrogen-bond donors (Lipinski definition) is 1. The molecule has 1 N–H and O–H groups in total. The molecule has 0 unspecified atom stereocenters. The van der Waals surface area contributed by atoms with Crippen LogP contribution in [0.5, 0.6) is 0 Å². The molecule has 0 fully saturated rings. The Kier molecular flexibility index (Phi) is 3.39. The van der Waals surface area contributed by atoms with Gasteiger partial charge in [-0.1, -0.05) is 23.7 Å². The van der Waals surface area contributed by atoms with Gasteiger partial charge >= 0.3 is 5.69 Å². The normalized spacial score (nSPS) is 10.5. The maximum absolute atomic E-state index is 12.0. The second-order valence-corrected chi connectivity index (χ2v) is 5.00. The fourth-order valence-corrected chi connectivity index (χ4v) is 2.24. The highest BCUT2D eigenvalue weighted by Crippen LogP contribution is 2.14. The van der Waals surface area contributed by atoms with Gasteiger partial charge in [0.25, 0.3) is 5.56 Å². The van der Waals surface area contributed by atoms with Gasteiger partial charge < -0.3 is 0 Å². The van der Waals surface area contributed by atoms with E-state index in [4.69, 9.17) is 11.6 Å². The molecule has 0 bridgehead atoms. The van der Waals surface area contributed by atoms with E-state index >= 15 is 0 Å². The molecule has 0 aliphatic carbocycles. The van der Waals surface area contributed by atoms with Crippen molar-refractivity contribution in [3.63, 3.8) is 0 Å². The maximum Gasteiger partial charge on any atom is 0.334 e. The second-order valence-electron chi connectivity index (χ2n) is 3.46. The van der Waals surface area contributed by atoms with E-state index in [9.17, 15) is 9.59 Å². The molecule has 0 spiro atoms. The summed E-state index contributed by atoms with van der Waals surface area (Å²) in [5.41, 5.74) is -0.0531. The van der Waals surface area contributed by atoms with E-state index in [0.717, 1.165) is 8.14 Å². The Morgan fingerprint density at radius 1 is 1.29 bits per heavy atom. The Balaban J connectivity index is 2.87. The monoisotopic (exact) mass is 362 g/mol. The highest BCUT2D eigenvalue weighted by atomic mass is 127. The first kappa shape index (κ1) is 12.4. The third-order valence-electron chi connectivity index (χ3n) is 2.37. The van der Waals surface area contributed by atoms with Gasteiger partial charge in [-0.2, -0.15) is 0 Å². The molecule has 0 amide bonds. The molecule has 0 atom stereocenters. The molecular formula is C11H8ClIN2O2. The molecule has 0 saturated carbocycles. The van der Waals surface area contributed by atoms with Gasteiger partial charge in [-0.05, 0) is 41.6 Å². The van der Waals surface area contributed by atoms with Gasteiger partial charge in [-0.25, -0.2) is 9.36 Å². The zero-order valence-electron chi connectivity index (χ0n) is 8.83. The zero-order chi connectivity index (χ0) is 12.6. The highest BCUT2D eigenvalue weighted by molar-refractivity contribution is 14.1. The van der Waals surface area contributed by atoms with E-state index in [1.807, 2.05) is 12.1 Å². The number of rotatable bonds is 1. The summed E-state index contributed by atoms with van der Waals surface area (Å²) in [7, 11) is 0. The summed E-state index contributed by atoms with van der Waals surface area (Å²) in [4.78, 5) is 26.2. The highest BCUT2D eigenvalue weighted by Gasteiger charge is 2.12. The Morgan fingerprint density at radius 2 is 1.94 bits per heavy atom. The molecule has 1 aromatic heterocycles. The van der Waals surface area contributed by atoms with Crippen molar-refractivity contribution < 1.29 is 0 Å². The number of H-pyrrole nitrogens is 1. The van der Waals surface area contributed by atoms with Gasteiger partial charge in [-0.15, -0.1) is 0 Å². The zero-order valence-corrected chi connectivity index (χ0v) is 11.7. The Hall–Kier alpha value is -1.08. The number of nitrogens with zero attached hydrogens (tertiary/aromatic N) is 1. The van der Waals surface area contributed by atoms with Crippen molar-refractivity contribution in [1.82, 2.24) is 9.55 Å². The van der Waals surface area contributed by atoms with Crippen LogP contribution in [0, 0.1) is 10.5 Å². The smallest absolute Gasteiger partial charge is 0.297 e. The number of aromatic amines is 1. The summed E-state index contributed by atoms with van der Waals surface area (Å²) in [6.07, 6.45) is 0. The van der Waals surface area contributed by atoms with Crippen LogP contribution in [-0.4, -0.2) is 9.55 Å². The number of benzene rings is 1. The molecule has 2 rings (SSSR count). The molecule has 0 saturated heterocycles. The molecule has 1 aromatic carbocycles. The lowest BCUT2D eigenvalue weighted by Crippen LogP contribution is -2.35. The van der Waals surface area contributed by atoms with E-state index in [2.05, 4.69) is 27.6 Å². The number of halogens is 2. The van der Waals surface area contributed by atoms with Crippen molar-refractivity contribution in [2.24, 2.45) is 0 Å². The van der Waals surface area contributed by atoms with Crippen LogP contribution < -0.4 is 11.2 Å². The van der Waals surface area contributed by atoms with Crippen molar-refractivity contribution >= 4 is 34.2 Å². The van der Waals surface area contributed by atoms with Gasteiger partial charge in [0.1, 0.15) is 5.15 Å². The average Bonchev–Trinajstić information content (AvgIpc) is 2.29. The van der Waals surface area contributed by atoms with Gasteiger partial charge in [0.05, 0.1) is 11.3 Å². The van der Waals surface area contributed by atoms with Crippen molar-refractivity contribution in [3.05, 3.63) is 59.4 Å². The molecule has 4 nitrogen and oxygen atoms in total. The van der Waals surface area contributed by atoms with Crippen LogP contribution in [0.3, 0.4) is 0 Å². The van der Waals surface area contributed by atoms with Crippen LogP contribution >= 0.6 is 34.2 Å². The van der Waals surface area contributed by atoms with Crippen LogP contribution in [0.15, 0.2) is 33.9 Å². The molecule has 88 valence electrons. The predicted molar refractivity (Wildman–Crippen MR) is 75.1 cm³/mol. The minimum atomic E-state index is -0.533. The van der Waals surface area contributed by atoms with E-state index in [0.29, 0.717) is 11.3 Å². The van der Waals surface area contributed by atoms with Crippen molar-refractivity contribution in [3.8, 4) is 5.69 Å². The lowest BCUT2D eigenvalue weighted by molar-refractivity contribution is 0.856. The first-order chi connectivity index (χ1) is 8.02. The van der Waals surface area contributed by atoms with Crippen LogP contribution in [0.25, 0.3) is 5.69 Å². The third-order valence-corrected chi connectivity index (χ3v) is 3.66. The van der Waals surface area contributed by atoms with E-state index in [1.54, 1.807) is 19.1 Å². The number of nitrogens with one attached hydrogen (secondary N) is 1. The minimum Gasteiger partial charge on any atom is -0.297 e. The number of aromatic nitrogens is 2. The number of hydrogen-bond acceptors (Lipinski definition) is 2. The van der Waals surface area contributed by atoms with Gasteiger partial charge in [-0.3, -0.25) is 9.78 Å². The summed E-state index contributed by atoms with van der Waals surface area (Å²) in [5, 5.41) is 0.0854. The van der Waals surface area contributed by atoms with Crippen molar-refractivity contribution in [1.29, 1.82) is 0 Å². The fraction of sp³-hybridized carbons (Fsp3) is 0.0909. The molecule has 2 aromatic rings. The topological polar surface area (TPSA) is 54.9 Å². The molecule has 17 heavy (non-hydrogen) atoms. The third kappa shape index (κ3) is 2.16. The average molecular weight is 363 g/mol. The van der Waals surface area contributed by atoms with E-state index in [1.165, 1.54) is 0 Å². The van der Waals surface area contributed by atoms with Crippen LogP contribution in [0.2, 0.25) is 5.15 Å². The summed E-state index contributed by atoms with van der Waals surface area (Å²) >= 11 is 7.82. The lowest BCUT2D eigenvalue weighted by Gasteiger charge is -2.08. The molecule has 0 radical (unpaired) electrons. The summed E-state index contributed by atoms with van der Waals surface area (Å²) in [5.74, 6) is 0. The number of para-hydroxylation sites is 1. The van der Waals surface area contributed by atoms with Gasteiger partial charge in [0, 0.05) is 3.57 Å². The predicted octanol–water partition coefficient (Wildman–Crippen LogP) is 2.09. The maximum atomic E-state index is 12.0. The SMILES string of the molecule is Cc1c(Cl)[nH]c(=O)n(-c2ccccc2I)c1=O. The molecule has 0 aliphatic heterocycles. The van der Waals surface area contributed by atoms with Crippen LogP contribution in [0.1, 0.15) is 5.56 Å². The summed E-state index contributed by atoms with van der Waals surface area (Å²) in [6, 6.07) is 7.15. The van der Waals surface area contributed by atoms with E-state index < -0.39 is 11.2 Å². The Morgan fingerprint density at radius 3 is 2.59 bits per heavy atom. The van der Waals surface area contributed by atoms with Gasteiger partial charge in [0.15, 0.2) is 0 Å². The van der Waals surface area contributed by atoms with Crippen LogP contribution in [-0.2, 0) is 0 Å².